The highest BCUT2D eigenvalue weighted by molar-refractivity contribution is 6.30. The topological polar surface area (TPSA) is 15.3 Å². The zero-order chi connectivity index (χ0) is 13.8. The summed E-state index contributed by atoms with van der Waals surface area (Å²) < 4.78 is 0. The Bertz CT molecular complexity index is 403. The molecule has 19 heavy (non-hydrogen) atoms. The molecule has 0 amide bonds. The number of hydrogen-bond acceptors (Lipinski definition) is 2. The van der Waals surface area contributed by atoms with E-state index in [0.717, 1.165) is 11.6 Å². The molecule has 2 atom stereocenters. The Hall–Kier alpha value is -0.570. The zero-order valence-corrected chi connectivity index (χ0v) is 13.0. The Morgan fingerprint density at radius 2 is 2.21 bits per heavy atom. The van der Waals surface area contributed by atoms with Gasteiger partial charge in [0.2, 0.25) is 0 Å². The van der Waals surface area contributed by atoms with Crippen LogP contribution in [0.15, 0.2) is 24.3 Å². The van der Waals surface area contributed by atoms with Crippen LogP contribution in [0, 0.1) is 5.92 Å². The van der Waals surface area contributed by atoms with Gasteiger partial charge in [-0.05, 0) is 70.4 Å². The SMILES string of the molecule is CNCC1CCCN(C(C)C)C1c1cccc(Cl)c1. The molecule has 2 nitrogen and oxygen atoms in total. The van der Waals surface area contributed by atoms with Crippen molar-refractivity contribution in [2.45, 2.75) is 38.8 Å². The Kier molecular flexibility index (Phi) is 5.26. The van der Waals surface area contributed by atoms with Crippen LogP contribution < -0.4 is 5.32 Å². The van der Waals surface area contributed by atoms with E-state index in [9.17, 15) is 0 Å². The van der Waals surface area contributed by atoms with Gasteiger partial charge in [-0.15, -0.1) is 0 Å². The van der Waals surface area contributed by atoms with Crippen LogP contribution in [0.1, 0.15) is 38.3 Å². The molecule has 0 bridgehead atoms. The van der Waals surface area contributed by atoms with Crippen molar-refractivity contribution >= 4 is 11.6 Å². The lowest BCUT2D eigenvalue weighted by Crippen LogP contribution is -2.45. The lowest BCUT2D eigenvalue weighted by Gasteiger charge is -2.44. The summed E-state index contributed by atoms with van der Waals surface area (Å²) in [7, 11) is 2.04. The van der Waals surface area contributed by atoms with E-state index < -0.39 is 0 Å². The van der Waals surface area contributed by atoms with Gasteiger partial charge in [-0.2, -0.15) is 0 Å². The van der Waals surface area contributed by atoms with Gasteiger partial charge in [0.1, 0.15) is 0 Å². The van der Waals surface area contributed by atoms with Gasteiger partial charge in [0.15, 0.2) is 0 Å². The molecule has 2 rings (SSSR count). The second-order valence-corrected chi connectivity index (χ2v) is 6.23. The second kappa shape index (κ2) is 6.74. The summed E-state index contributed by atoms with van der Waals surface area (Å²) in [5.41, 5.74) is 1.36. The van der Waals surface area contributed by atoms with Crippen molar-refractivity contribution in [2.24, 2.45) is 5.92 Å². The fourth-order valence-corrected chi connectivity index (χ4v) is 3.51. The molecule has 2 unspecified atom stereocenters. The van der Waals surface area contributed by atoms with Crippen LogP contribution in [0.25, 0.3) is 0 Å². The van der Waals surface area contributed by atoms with Crippen LogP contribution in [0.2, 0.25) is 5.02 Å². The molecule has 0 saturated carbocycles. The average molecular weight is 281 g/mol. The minimum Gasteiger partial charge on any atom is -0.319 e. The third kappa shape index (κ3) is 3.50. The predicted molar refractivity (Wildman–Crippen MR) is 82.7 cm³/mol. The number of nitrogens with zero attached hydrogens (tertiary/aromatic N) is 1. The molecular weight excluding hydrogens is 256 g/mol. The monoisotopic (exact) mass is 280 g/mol. The molecule has 1 aliphatic rings. The lowest BCUT2D eigenvalue weighted by molar-refractivity contribution is 0.0636. The summed E-state index contributed by atoms with van der Waals surface area (Å²) in [6, 6.07) is 9.45. The zero-order valence-electron chi connectivity index (χ0n) is 12.2. The first-order valence-electron chi connectivity index (χ1n) is 7.29. The molecule has 1 saturated heterocycles. The maximum Gasteiger partial charge on any atom is 0.0409 e. The van der Waals surface area contributed by atoms with Gasteiger partial charge in [-0.1, -0.05) is 23.7 Å². The summed E-state index contributed by atoms with van der Waals surface area (Å²) in [6.45, 7) is 6.84. The molecule has 1 heterocycles. The lowest BCUT2D eigenvalue weighted by atomic mass is 9.83. The van der Waals surface area contributed by atoms with Gasteiger partial charge in [0.25, 0.3) is 0 Å². The van der Waals surface area contributed by atoms with Gasteiger partial charge in [-0.25, -0.2) is 0 Å². The van der Waals surface area contributed by atoms with E-state index in [2.05, 4.69) is 42.3 Å². The molecule has 1 aromatic carbocycles. The van der Waals surface area contributed by atoms with E-state index in [4.69, 9.17) is 11.6 Å². The van der Waals surface area contributed by atoms with Crippen molar-refractivity contribution in [3.63, 3.8) is 0 Å². The number of likely N-dealkylation sites (tertiary alicyclic amines) is 1. The minimum atomic E-state index is 0.486. The highest BCUT2D eigenvalue weighted by Gasteiger charge is 2.33. The van der Waals surface area contributed by atoms with Gasteiger partial charge < -0.3 is 5.32 Å². The first kappa shape index (κ1) is 14.8. The average Bonchev–Trinajstić information content (AvgIpc) is 2.38. The van der Waals surface area contributed by atoms with E-state index in [0.29, 0.717) is 18.0 Å². The highest BCUT2D eigenvalue weighted by Crippen LogP contribution is 2.37. The van der Waals surface area contributed by atoms with Crippen LogP contribution >= 0.6 is 11.6 Å². The smallest absolute Gasteiger partial charge is 0.0409 e. The Labute approximate surface area is 122 Å². The van der Waals surface area contributed by atoms with Crippen molar-refractivity contribution in [1.29, 1.82) is 0 Å². The molecule has 3 heteroatoms. The number of halogens is 1. The summed E-state index contributed by atoms with van der Waals surface area (Å²) in [5.74, 6) is 0.666. The Morgan fingerprint density at radius 1 is 1.42 bits per heavy atom. The normalized spacial score (nSPS) is 24.9. The van der Waals surface area contributed by atoms with E-state index in [1.165, 1.54) is 24.9 Å². The van der Waals surface area contributed by atoms with Crippen molar-refractivity contribution in [1.82, 2.24) is 10.2 Å². The quantitative estimate of drug-likeness (QED) is 0.904. The van der Waals surface area contributed by atoms with Crippen LogP contribution in [-0.2, 0) is 0 Å². The van der Waals surface area contributed by atoms with Crippen molar-refractivity contribution in [2.75, 3.05) is 20.1 Å². The van der Waals surface area contributed by atoms with Crippen LogP contribution in [0.3, 0.4) is 0 Å². The van der Waals surface area contributed by atoms with E-state index in [-0.39, 0.29) is 0 Å². The van der Waals surface area contributed by atoms with Gasteiger partial charge in [-0.3, -0.25) is 4.90 Å². The maximum atomic E-state index is 6.18. The van der Waals surface area contributed by atoms with Crippen molar-refractivity contribution in [3.8, 4) is 0 Å². The molecule has 106 valence electrons. The van der Waals surface area contributed by atoms with Gasteiger partial charge >= 0.3 is 0 Å². The van der Waals surface area contributed by atoms with E-state index in [1.54, 1.807) is 0 Å². The Morgan fingerprint density at radius 3 is 2.84 bits per heavy atom. The van der Waals surface area contributed by atoms with Gasteiger partial charge in [0.05, 0.1) is 0 Å². The number of hydrogen-bond donors (Lipinski definition) is 1. The molecule has 1 N–H and O–H groups in total. The highest BCUT2D eigenvalue weighted by atomic mass is 35.5. The summed E-state index contributed by atoms with van der Waals surface area (Å²) in [6.07, 6.45) is 2.59. The molecule has 1 aliphatic heterocycles. The van der Waals surface area contributed by atoms with Crippen LogP contribution in [0.5, 0.6) is 0 Å². The standard InChI is InChI=1S/C16H25ClN2/c1-12(2)19-9-5-7-14(11-18-3)16(19)13-6-4-8-15(17)10-13/h4,6,8,10,12,14,16,18H,5,7,9,11H2,1-3H3. The molecule has 1 fully saturated rings. The maximum absolute atomic E-state index is 6.18. The largest absolute Gasteiger partial charge is 0.319 e. The summed E-state index contributed by atoms with van der Waals surface area (Å²) >= 11 is 6.18. The molecule has 0 spiro atoms. The van der Waals surface area contributed by atoms with Crippen LogP contribution in [0.4, 0.5) is 0 Å². The molecular formula is C16H25ClN2. The summed E-state index contributed by atoms with van der Waals surface area (Å²) in [5, 5.41) is 4.19. The number of piperidine rings is 1. The summed E-state index contributed by atoms with van der Waals surface area (Å²) in [4.78, 5) is 2.62. The molecule has 0 radical (unpaired) electrons. The van der Waals surface area contributed by atoms with E-state index >= 15 is 0 Å². The fraction of sp³-hybridized carbons (Fsp3) is 0.625. The fourth-order valence-electron chi connectivity index (χ4n) is 3.31. The third-order valence-electron chi connectivity index (χ3n) is 4.11. The first-order chi connectivity index (χ1) is 9.13. The second-order valence-electron chi connectivity index (χ2n) is 5.79. The Balaban J connectivity index is 2.31. The molecule has 0 aromatic heterocycles. The first-order valence-corrected chi connectivity index (χ1v) is 7.67. The van der Waals surface area contributed by atoms with Crippen molar-refractivity contribution < 1.29 is 0 Å². The minimum absolute atomic E-state index is 0.486. The number of nitrogens with one attached hydrogen (secondary N) is 1. The number of benzene rings is 1. The van der Waals surface area contributed by atoms with Gasteiger partial charge in [0, 0.05) is 17.1 Å². The third-order valence-corrected chi connectivity index (χ3v) is 4.35. The molecule has 1 aromatic rings. The molecule has 0 aliphatic carbocycles. The van der Waals surface area contributed by atoms with Crippen LogP contribution in [-0.4, -0.2) is 31.1 Å². The predicted octanol–water partition coefficient (Wildman–Crippen LogP) is 3.72. The van der Waals surface area contributed by atoms with Crippen molar-refractivity contribution in [3.05, 3.63) is 34.9 Å². The number of rotatable bonds is 4. The van der Waals surface area contributed by atoms with E-state index in [1.807, 2.05) is 13.1 Å².